The Balaban J connectivity index is 2.25. The molecular weight excluding hydrogens is 424 g/mol. The van der Waals surface area contributed by atoms with E-state index in [4.69, 9.17) is 16.3 Å². The van der Waals surface area contributed by atoms with E-state index in [1.54, 1.807) is 11.0 Å². The molecule has 2 rings (SSSR count). The summed E-state index contributed by atoms with van der Waals surface area (Å²) >= 11 is 6.36. The van der Waals surface area contributed by atoms with Gasteiger partial charge in [0.2, 0.25) is 5.91 Å². The summed E-state index contributed by atoms with van der Waals surface area (Å²) in [5.74, 6) is 0.857. The SMILES string of the molecule is CC[C@@H](C(=O)NCC(C)C)N(Cc1ccccc1Cl)C(=O)COc1ccccc1C(C)C. The maximum atomic E-state index is 13.3. The quantitative estimate of drug-likeness (QED) is 0.489. The molecule has 0 heterocycles. The molecule has 0 saturated carbocycles. The van der Waals surface area contributed by atoms with Crippen LogP contribution in [-0.2, 0) is 16.1 Å². The van der Waals surface area contributed by atoms with Crippen molar-refractivity contribution in [1.29, 1.82) is 0 Å². The molecule has 0 unspecified atom stereocenters. The molecular formula is C26H35ClN2O3. The maximum Gasteiger partial charge on any atom is 0.261 e. The average Bonchev–Trinajstić information content (AvgIpc) is 2.77. The second kappa shape index (κ2) is 12.5. The third kappa shape index (κ3) is 7.27. The minimum absolute atomic E-state index is 0.151. The van der Waals surface area contributed by atoms with Gasteiger partial charge in [-0.05, 0) is 41.5 Å². The fourth-order valence-electron chi connectivity index (χ4n) is 3.46. The van der Waals surface area contributed by atoms with Gasteiger partial charge in [0.05, 0.1) is 0 Å². The smallest absolute Gasteiger partial charge is 0.261 e. The molecule has 5 nitrogen and oxygen atoms in total. The van der Waals surface area contributed by atoms with Crippen molar-refractivity contribution in [2.24, 2.45) is 5.92 Å². The second-order valence-electron chi connectivity index (χ2n) is 8.66. The van der Waals surface area contributed by atoms with Gasteiger partial charge in [-0.1, -0.05) is 82.6 Å². The predicted octanol–water partition coefficient (Wildman–Crippen LogP) is 5.42. The highest BCUT2D eigenvalue weighted by Gasteiger charge is 2.29. The lowest BCUT2D eigenvalue weighted by Gasteiger charge is -2.31. The van der Waals surface area contributed by atoms with E-state index in [1.165, 1.54) is 0 Å². The van der Waals surface area contributed by atoms with Crippen LogP contribution in [0.25, 0.3) is 0 Å². The van der Waals surface area contributed by atoms with Crippen LogP contribution in [0.1, 0.15) is 58.1 Å². The van der Waals surface area contributed by atoms with Crippen LogP contribution in [0.15, 0.2) is 48.5 Å². The zero-order valence-electron chi connectivity index (χ0n) is 19.7. The lowest BCUT2D eigenvalue weighted by molar-refractivity contribution is -0.143. The summed E-state index contributed by atoms with van der Waals surface area (Å²) in [6.07, 6.45) is 0.489. The van der Waals surface area contributed by atoms with Gasteiger partial charge >= 0.3 is 0 Å². The zero-order valence-corrected chi connectivity index (χ0v) is 20.5. The first-order valence-corrected chi connectivity index (χ1v) is 11.6. The van der Waals surface area contributed by atoms with Crippen molar-refractivity contribution in [3.8, 4) is 5.75 Å². The Hall–Kier alpha value is -2.53. The normalized spacial score (nSPS) is 12.0. The minimum Gasteiger partial charge on any atom is -0.483 e. The molecule has 0 spiro atoms. The van der Waals surface area contributed by atoms with Crippen LogP contribution >= 0.6 is 11.6 Å². The van der Waals surface area contributed by atoms with Gasteiger partial charge in [-0.15, -0.1) is 0 Å². The Labute approximate surface area is 197 Å². The van der Waals surface area contributed by atoms with E-state index >= 15 is 0 Å². The first-order chi connectivity index (χ1) is 15.2. The highest BCUT2D eigenvalue weighted by Crippen LogP contribution is 2.26. The van der Waals surface area contributed by atoms with E-state index in [0.29, 0.717) is 29.7 Å². The van der Waals surface area contributed by atoms with E-state index in [9.17, 15) is 9.59 Å². The number of hydrogen-bond donors (Lipinski definition) is 1. The van der Waals surface area contributed by atoms with Crippen molar-refractivity contribution in [2.75, 3.05) is 13.2 Å². The van der Waals surface area contributed by atoms with Gasteiger partial charge in [0.15, 0.2) is 6.61 Å². The number of amides is 2. The summed E-state index contributed by atoms with van der Waals surface area (Å²) in [7, 11) is 0. The number of carbonyl (C=O) groups excluding carboxylic acids is 2. The van der Waals surface area contributed by atoms with Gasteiger partial charge < -0.3 is 15.0 Å². The third-order valence-corrected chi connectivity index (χ3v) is 5.63. The number of nitrogens with one attached hydrogen (secondary N) is 1. The molecule has 0 aliphatic carbocycles. The highest BCUT2D eigenvalue weighted by molar-refractivity contribution is 6.31. The van der Waals surface area contributed by atoms with Crippen molar-refractivity contribution in [1.82, 2.24) is 10.2 Å². The van der Waals surface area contributed by atoms with Gasteiger partial charge in [-0.25, -0.2) is 0 Å². The molecule has 0 aromatic heterocycles. The van der Waals surface area contributed by atoms with Gasteiger partial charge in [-0.3, -0.25) is 9.59 Å². The van der Waals surface area contributed by atoms with E-state index < -0.39 is 6.04 Å². The molecule has 0 fully saturated rings. The summed E-state index contributed by atoms with van der Waals surface area (Å²) in [5.41, 5.74) is 1.83. The Kier molecular flexibility index (Phi) is 10.0. The Morgan fingerprint density at radius 2 is 1.69 bits per heavy atom. The van der Waals surface area contributed by atoms with Crippen LogP contribution in [-0.4, -0.2) is 35.9 Å². The van der Waals surface area contributed by atoms with Crippen LogP contribution in [0.5, 0.6) is 5.75 Å². The van der Waals surface area contributed by atoms with Gasteiger partial charge in [0.25, 0.3) is 5.91 Å². The monoisotopic (exact) mass is 458 g/mol. The average molecular weight is 459 g/mol. The van der Waals surface area contributed by atoms with E-state index in [0.717, 1.165) is 11.1 Å². The van der Waals surface area contributed by atoms with Gasteiger partial charge in [-0.2, -0.15) is 0 Å². The molecule has 1 atom stereocenters. The van der Waals surface area contributed by atoms with Crippen molar-refractivity contribution >= 4 is 23.4 Å². The molecule has 2 aromatic rings. The van der Waals surface area contributed by atoms with Crippen molar-refractivity contribution in [3.05, 3.63) is 64.7 Å². The standard InChI is InChI=1S/C26H35ClN2O3/c1-6-23(26(31)28-15-18(2)3)29(16-20-11-7-9-13-22(20)27)25(30)17-32-24-14-10-8-12-21(24)19(4)5/h7-14,18-19,23H,6,15-17H2,1-5H3,(H,28,31)/t23-/m0/s1. The first kappa shape index (κ1) is 25.7. The first-order valence-electron chi connectivity index (χ1n) is 11.3. The molecule has 32 heavy (non-hydrogen) atoms. The molecule has 0 aliphatic heterocycles. The molecule has 2 aromatic carbocycles. The van der Waals surface area contributed by atoms with Crippen molar-refractivity contribution in [2.45, 2.75) is 59.5 Å². The second-order valence-corrected chi connectivity index (χ2v) is 9.06. The summed E-state index contributed by atoms with van der Waals surface area (Å²) < 4.78 is 5.93. The summed E-state index contributed by atoms with van der Waals surface area (Å²) in [6, 6.07) is 14.5. The van der Waals surface area contributed by atoms with E-state index in [1.807, 2.05) is 63.2 Å². The Morgan fingerprint density at radius 3 is 2.31 bits per heavy atom. The largest absolute Gasteiger partial charge is 0.483 e. The fourth-order valence-corrected chi connectivity index (χ4v) is 3.66. The van der Waals surface area contributed by atoms with E-state index in [2.05, 4.69) is 19.2 Å². The topological polar surface area (TPSA) is 58.6 Å². The van der Waals surface area contributed by atoms with Gasteiger partial charge in [0.1, 0.15) is 11.8 Å². The summed E-state index contributed by atoms with van der Waals surface area (Å²) in [5, 5.41) is 3.52. The lowest BCUT2D eigenvalue weighted by atomic mass is 10.0. The number of benzene rings is 2. The Bertz CT molecular complexity index is 898. The third-order valence-electron chi connectivity index (χ3n) is 5.26. The lowest BCUT2D eigenvalue weighted by Crippen LogP contribution is -2.50. The predicted molar refractivity (Wildman–Crippen MR) is 130 cm³/mol. The molecule has 1 N–H and O–H groups in total. The number of rotatable bonds is 11. The van der Waals surface area contributed by atoms with Crippen molar-refractivity contribution in [3.63, 3.8) is 0 Å². The Morgan fingerprint density at radius 1 is 1.03 bits per heavy atom. The number of ether oxygens (including phenoxy) is 1. The van der Waals surface area contributed by atoms with E-state index in [-0.39, 0.29) is 30.9 Å². The summed E-state index contributed by atoms with van der Waals surface area (Å²) in [4.78, 5) is 27.9. The maximum absolute atomic E-state index is 13.3. The molecule has 0 bridgehead atoms. The van der Waals surface area contributed by atoms with Crippen molar-refractivity contribution < 1.29 is 14.3 Å². The molecule has 0 aliphatic rings. The number of nitrogens with zero attached hydrogens (tertiary/aromatic N) is 1. The van der Waals surface area contributed by atoms with Crippen LogP contribution in [0, 0.1) is 5.92 Å². The minimum atomic E-state index is -0.610. The number of halogens is 1. The number of carbonyl (C=O) groups is 2. The molecule has 2 amide bonds. The number of hydrogen-bond acceptors (Lipinski definition) is 3. The number of para-hydroxylation sites is 1. The molecule has 0 saturated heterocycles. The molecule has 174 valence electrons. The van der Waals surface area contributed by atoms with Gasteiger partial charge in [0, 0.05) is 18.1 Å². The van der Waals surface area contributed by atoms with Crippen LogP contribution < -0.4 is 10.1 Å². The zero-order chi connectivity index (χ0) is 23.7. The summed E-state index contributed by atoms with van der Waals surface area (Å²) in [6.45, 7) is 10.8. The fraction of sp³-hybridized carbons (Fsp3) is 0.462. The van der Waals surface area contributed by atoms with Crippen LogP contribution in [0.2, 0.25) is 5.02 Å². The molecule has 6 heteroatoms. The molecule has 0 radical (unpaired) electrons. The highest BCUT2D eigenvalue weighted by atomic mass is 35.5. The van der Waals surface area contributed by atoms with Crippen LogP contribution in [0.4, 0.5) is 0 Å². The van der Waals surface area contributed by atoms with Crippen LogP contribution in [0.3, 0.4) is 0 Å².